The highest BCUT2D eigenvalue weighted by Crippen LogP contribution is 2.23. The zero-order chi connectivity index (χ0) is 15.2. The summed E-state index contributed by atoms with van der Waals surface area (Å²) < 4.78 is 0. The summed E-state index contributed by atoms with van der Waals surface area (Å²) in [7, 11) is 0. The van der Waals surface area contributed by atoms with Crippen LogP contribution in [0.25, 0.3) is 0 Å². The summed E-state index contributed by atoms with van der Waals surface area (Å²) in [5.74, 6) is 1.26. The molecule has 22 heavy (non-hydrogen) atoms. The Hall–Kier alpha value is -2.59. The molecule has 110 valence electrons. The van der Waals surface area contributed by atoms with Crippen molar-refractivity contribution >= 4 is 29.1 Å². The van der Waals surface area contributed by atoms with Crippen LogP contribution in [0.3, 0.4) is 0 Å². The van der Waals surface area contributed by atoms with Gasteiger partial charge in [0.15, 0.2) is 0 Å². The molecule has 1 heterocycles. The van der Waals surface area contributed by atoms with Crippen LogP contribution in [0.4, 0.5) is 17.5 Å². The largest absolute Gasteiger partial charge is 0.366 e. The number of hydrogen-bond acceptors (Lipinski definition) is 4. The minimum atomic E-state index is 0.506. The van der Waals surface area contributed by atoms with Crippen LogP contribution in [-0.2, 0) is 6.54 Å². The number of nitrogens with one attached hydrogen (secondary N) is 2. The van der Waals surface area contributed by atoms with Crippen LogP contribution in [0.5, 0.6) is 0 Å². The van der Waals surface area contributed by atoms with Crippen molar-refractivity contribution < 1.29 is 0 Å². The first-order valence-electron chi connectivity index (χ1n) is 6.94. The van der Waals surface area contributed by atoms with Gasteiger partial charge in [-0.05, 0) is 23.8 Å². The summed E-state index contributed by atoms with van der Waals surface area (Å²) in [6, 6.07) is 19.5. The molecule has 0 saturated heterocycles. The molecule has 0 bridgehead atoms. The smallest absolute Gasteiger partial charge is 0.229 e. The zero-order valence-corrected chi connectivity index (χ0v) is 12.6. The lowest BCUT2D eigenvalue weighted by molar-refractivity contribution is 1.08. The second-order valence-electron chi connectivity index (χ2n) is 4.71. The quantitative estimate of drug-likeness (QED) is 0.729. The van der Waals surface area contributed by atoms with Crippen molar-refractivity contribution in [1.29, 1.82) is 0 Å². The summed E-state index contributed by atoms with van der Waals surface area (Å²) in [6.07, 6.45) is 1.71. The van der Waals surface area contributed by atoms with Crippen LogP contribution in [0.15, 0.2) is 66.9 Å². The lowest BCUT2D eigenvalue weighted by Crippen LogP contribution is -2.04. The molecule has 0 aliphatic rings. The Bertz CT molecular complexity index is 746. The Morgan fingerprint density at radius 2 is 1.68 bits per heavy atom. The van der Waals surface area contributed by atoms with E-state index in [2.05, 4.69) is 32.7 Å². The second kappa shape index (κ2) is 6.91. The molecule has 0 atom stereocenters. The highest BCUT2D eigenvalue weighted by atomic mass is 35.5. The number of benzene rings is 2. The van der Waals surface area contributed by atoms with Gasteiger partial charge in [-0.25, -0.2) is 4.98 Å². The summed E-state index contributed by atoms with van der Waals surface area (Å²) in [4.78, 5) is 8.64. The van der Waals surface area contributed by atoms with Gasteiger partial charge in [-0.15, -0.1) is 0 Å². The number of rotatable bonds is 5. The number of aromatic nitrogens is 2. The van der Waals surface area contributed by atoms with Crippen LogP contribution in [0.2, 0.25) is 5.02 Å². The van der Waals surface area contributed by atoms with Gasteiger partial charge in [-0.1, -0.05) is 54.1 Å². The Labute approximate surface area is 134 Å². The van der Waals surface area contributed by atoms with Crippen LogP contribution in [0, 0.1) is 0 Å². The molecule has 0 amide bonds. The van der Waals surface area contributed by atoms with E-state index in [0.717, 1.165) is 11.5 Å². The van der Waals surface area contributed by atoms with Crippen molar-refractivity contribution in [3.63, 3.8) is 0 Å². The maximum absolute atomic E-state index is 6.12. The predicted octanol–water partition coefficient (Wildman–Crippen LogP) is 4.49. The highest BCUT2D eigenvalue weighted by molar-refractivity contribution is 6.33. The maximum atomic E-state index is 6.12. The Morgan fingerprint density at radius 3 is 2.50 bits per heavy atom. The predicted molar refractivity (Wildman–Crippen MR) is 90.5 cm³/mol. The number of nitrogens with zero attached hydrogens (tertiary/aromatic N) is 2. The molecule has 5 heteroatoms. The van der Waals surface area contributed by atoms with Crippen molar-refractivity contribution in [3.05, 3.63) is 77.4 Å². The molecular formula is C17H15ClN4. The highest BCUT2D eigenvalue weighted by Gasteiger charge is 2.03. The van der Waals surface area contributed by atoms with E-state index >= 15 is 0 Å². The summed E-state index contributed by atoms with van der Waals surface area (Å²) in [5.41, 5.74) is 1.98. The second-order valence-corrected chi connectivity index (χ2v) is 5.12. The average Bonchev–Trinajstić information content (AvgIpc) is 2.57. The molecule has 0 aliphatic heterocycles. The van der Waals surface area contributed by atoms with E-state index < -0.39 is 0 Å². The zero-order valence-electron chi connectivity index (χ0n) is 11.8. The fourth-order valence-corrected chi connectivity index (χ4v) is 2.17. The van der Waals surface area contributed by atoms with Gasteiger partial charge >= 0.3 is 0 Å². The van der Waals surface area contributed by atoms with Gasteiger partial charge in [0, 0.05) is 12.7 Å². The molecule has 3 aromatic rings. The van der Waals surface area contributed by atoms with Crippen molar-refractivity contribution in [1.82, 2.24) is 9.97 Å². The molecule has 2 aromatic carbocycles. The van der Waals surface area contributed by atoms with E-state index in [1.165, 1.54) is 5.56 Å². The molecule has 4 nitrogen and oxygen atoms in total. The number of halogens is 1. The first kappa shape index (κ1) is 14.4. The lowest BCUT2D eigenvalue weighted by Gasteiger charge is -2.09. The molecule has 0 radical (unpaired) electrons. The van der Waals surface area contributed by atoms with Crippen molar-refractivity contribution in [2.45, 2.75) is 6.54 Å². The van der Waals surface area contributed by atoms with Crippen LogP contribution in [0.1, 0.15) is 5.56 Å². The molecule has 0 unspecified atom stereocenters. The normalized spacial score (nSPS) is 10.2. The Balaban J connectivity index is 1.69. The summed E-state index contributed by atoms with van der Waals surface area (Å²) in [6.45, 7) is 0.712. The fourth-order valence-electron chi connectivity index (χ4n) is 1.99. The summed E-state index contributed by atoms with van der Waals surface area (Å²) >= 11 is 6.12. The molecule has 1 aromatic heterocycles. The maximum Gasteiger partial charge on any atom is 0.229 e. The molecule has 0 spiro atoms. The van der Waals surface area contributed by atoms with Gasteiger partial charge in [0.2, 0.25) is 5.95 Å². The average molecular weight is 311 g/mol. The third kappa shape index (κ3) is 3.74. The lowest BCUT2D eigenvalue weighted by atomic mass is 10.2. The third-order valence-corrected chi connectivity index (χ3v) is 3.42. The van der Waals surface area contributed by atoms with E-state index in [4.69, 9.17) is 11.6 Å². The van der Waals surface area contributed by atoms with E-state index in [0.29, 0.717) is 17.5 Å². The van der Waals surface area contributed by atoms with E-state index in [1.54, 1.807) is 6.20 Å². The third-order valence-electron chi connectivity index (χ3n) is 3.09. The van der Waals surface area contributed by atoms with E-state index in [1.807, 2.05) is 48.5 Å². The van der Waals surface area contributed by atoms with Crippen LogP contribution < -0.4 is 10.6 Å². The minimum Gasteiger partial charge on any atom is -0.366 e. The molecule has 3 rings (SSSR count). The molecule has 0 fully saturated rings. The van der Waals surface area contributed by atoms with Crippen molar-refractivity contribution in [3.8, 4) is 0 Å². The standard InChI is InChI=1S/C17H15ClN4/c18-14-8-4-5-9-15(14)21-17-19-11-10-16(22-17)20-12-13-6-2-1-3-7-13/h1-11H,12H2,(H2,19,20,21,22). The van der Waals surface area contributed by atoms with Crippen molar-refractivity contribution in [2.75, 3.05) is 10.6 Å². The van der Waals surface area contributed by atoms with Gasteiger partial charge in [-0.3, -0.25) is 0 Å². The fraction of sp³-hybridized carbons (Fsp3) is 0.0588. The van der Waals surface area contributed by atoms with Crippen LogP contribution >= 0.6 is 11.6 Å². The number of para-hydroxylation sites is 1. The Morgan fingerprint density at radius 1 is 0.909 bits per heavy atom. The minimum absolute atomic E-state index is 0.506. The molecule has 0 aliphatic carbocycles. The number of hydrogen-bond donors (Lipinski definition) is 2. The molecule has 2 N–H and O–H groups in total. The van der Waals surface area contributed by atoms with Crippen LogP contribution in [-0.4, -0.2) is 9.97 Å². The van der Waals surface area contributed by atoms with Crippen molar-refractivity contribution in [2.24, 2.45) is 0 Å². The first-order valence-corrected chi connectivity index (χ1v) is 7.31. The van der Waals surface area contributed by atoms with Gasteiger partial charge in [0.05, 0.1) is 10.7 Å². The first-order chi connectivity index (χ1) is 10.8. The van der Waals surface area contributed by atoms with Gasteiger partial charge in [-0.2, -0.15) is 4.98 Å². The Kier molecular flexibility index (Phi) is 4.51. The molecule has 0 saturated carbocycles. The van der Waals surface area contributed by atoms with Gasteiger partial charge in [0.1, 0.15) is 5.82 Å². The van der Waals surface area contributed by atoms with Gasteiger partial charge < -0.3 is 10.6 Å². The summed E-state index contributed by atoms with van der Waals surface area (Å²) in [5, 5.41) is 7.03. The SMILES string of the molecule is Clc1ccccc1Nc1nccc(NCc2ccccc2)n1. The molecular weight excluding hydrogens is 296 g/mol. The van der Waals surface area contributed by atoms with Gasteiger partial charge in [0.25, 0.3) is 0 Å². The topological polar surface area (TPSA) is 49.8 Å². The van der Waals surface area contributed by atoms with E-state index in [-0.39, 0.29) is 0 Å². The monoisotopic (exact) mass is 310 g/mol. The number of anilines is 3. The van der Waals surface area contributed by atoms with E-state index in [9.17, 15) is 0 Å².